The van der Waals surface area contributed by atoms with Gasteiger partial charge >= 0.3 is 10.0 Å². The van der Waals surface area contributed by atoms with Crippen molar-refractivity contribution in [2.45, 2.75) is 11.8 Å². The van der Waals surface area contributed by atoms with Crippen molar-refractivity contribution < 1.29 is 13.2 Å². The number of sulfonamides is 1. The Hall–Kier alpha value is -2.51. The molecule has 0 atom stereocenters. The maximum atomic E-state index is 12.8. The molecule has 0 aliphatic heterocycles. The Labute approximate surface area is 142 Å². The molecule has 0 saturated heterocycles. The Morgan fingerprint density at radius 1 is 1.12 bits per heavy atom. The van der Waals surface area contributed by atoms with E-state index in [2.05, 4.69) is 4.58 Å². The van der Waals surface area contributed by atoms with Gasteiger partial charge in [-0.1, -0.05) is 29.8 Å². The van der Waals surface area contributed by atoms with Crippen LogP contribution in [0.3, 0.4) is 0 Å². The first-order valence-electron chi connectivity index (χ1n) is 6.86. The summed E-state index contributed by atoms with van der Waals surface area (Å²) >= 11 is 5.82. The van der Waals surface area contributed by atoms with Crippen LogP contribution in [-0.2, 0) is 10.0 Å². The van der Waals surface area contributed by atoms with Crippen LogP contribution in [0.5, 0.6) is 0 Å². The van der Waals surface area contributed by atoms with Crippen molar-refractivity contribution in [3.63, 3.8) is 0 Å². The fourth-order valence-corrected chi connectivity index (χ4v) is 3.65. The predicted octanol–water partition coefficient (Wildman–Crippen LogP) is 3.75. The molecule has 3 aromatic rings. The number of nitrogens with zero attached hydrogens (tertiary/aromatic N) is 2. The van der Waals surface area contributed by atoms with Gasteiger partial charge in [0.25, 0.3) is 5.91 Å². The summed E-state index contributed by atoms with van der Waals surface area (Å²) < 4.78 is 26.9. The van der Waals surface area contributed by atoms with Crippen molar-refractivity contribution in [3.05, 3.63) is 69.7 Å². The summed E-state index contributed by atoms with van der Waals surface area (Å²) in [5.41, 5.74) is 1.49. The lowest BCUT2D eigenvalue weighted by Gasteiger charge is -2.08. The smallest absolute Gasteiger partial charge is 0.280 e. The molecule has 0 aliphatic carbocycles. The summed E-state index contributed by atoms with van der Waals surface area (Å²) in [5.74, 6) is -0.423. The lowest BCUT2D eigenvalue weighted by atomic mass is 10.2. The number of carbonyl (C=O) groups excluding carboxylic acids is 1. The topological polar surface area (TPSA) is 85.6 Å². The summed E-state index contributed by atoms with van der Waals surface area (Å²) in [6, 6.07) is 12.9. The van der Waals surface area contributed by atoms with Crippen LogP contribution >= 0.6 is 11.6 Å². The fraction of sp³-hybridized carbons (Fsp3) is 0.0625. The molecule has 0 radical (unpaired) electrons. The molecule has 0 unspecified atom stereocenters. The van der Waals surface area contributed by atoms with Crippen LogP contribution in [0.25, 0.3) is 10.9 Å². The molecule has 0 aliphatic rings. The summed E-state index contributed by atoms with van der Waals surface area (Å²) in [6.45, 7) is 1.78. The highest BCUT2D eigenvalue weighted by molar-refractivity contribution is 7.90. The quantitative estimate of drug-likeness (QED) is 0.664. The molecule has 8 heteroatoms. The number of halogens is 1. The first-order chi connectivity index (χ1) is 11.3. The van der Waals surface area contributed by atoms with Gasteiger partial charge in [0.05, 0.1) is 15.1 Å². The first kappa shape index (κ1) is 16.4. The van der Waals surface area contributed by atoms with Gasteiger partial charge in [-0.05, 0) is 37.3 Å². The molecule has 24 heavy (non-hydrogen) atoms. The van der Waals surface area contributed by atoms with Crippen LogP contribution in [0.1, 0.15) is 16.1 Å². The molecule has 0 N–H and O–H groups in total. The molecule has 1 aromatic heterocycles. The second kappa shape index (κ2) is 5.85. The van der Waals surface area contributed by atoms with Crippen molar-refractivity contribution in [1.29, 1.82) is 0 Å². The number of rotatable bonds is 3. The molecular formula is C16H11ClN2O4S. The largest absolute Gasteiger partial charge is 0.318 e. The number of aromatic nitrogens is 1. The monoisotopic (exact) mass is 362 g/mol. The van der Waals surface area contributed by atoms with Gasteiger partial charge in [-0.25, -0.2) is 0 Å². The fourth-order valence-electron chi connectivity index (χ4n) is 2.57. The van der Waals surface area contributed by atoms with Crippen molar-refractivity contribution >= 4 is 38.4 Å². The highest BCUT2D eigenvalue weighted by Gasteiger charge is 2.22. The van der Waals surface area contributed by atoms with E-state index in [1.165, 1.54) is 16.7 Å². The summed E-state index contributed by atoms with van der Waals surface area (Å²) in [5, 5.41) is 0.722. The minimum atomic E-state index is -4.43. The summed E-state index contributed by atoms with van der Waals surface area (Å²) in [4.78, 5) is 22.9. The minimum Gasteiger partial charge on any atom is -0.280 e. The Morgan fingerprint density at radius 2 is 1.83 bits per heavy atom. The highest BCUT2D eigenvalue weighted by atomic mass is 35.5. The van der Waals surface area contributed by atoms with E-state index in [4.69, 9.17) is 11.6 Å². The van der Waals surface area contributed by atoms with E-state index < -0.39 is 20.8 Å². The molecular weight excluding hydrogens is 352 g/mol. The first-order valence-corrected chi connectivity index (χ1v) is 8.68. The zero-order chi connectivity index (χ0) is 17.5. The molecule has 0 spiro atoms. The third-order valence-electron chi connectivity index (χ3n) is 3.65. The van der Waals surface area contributed by atoms with Crippen LogP contribution in [0.4, 0.5) is 0 Å². The van der Waals surface area contributed by atoms with Gasteiger partial charge in [0.15, 0.2) is 0 Å². The zero-order valence-electron chi connectivity index (χ0n) is 12.4. The van der Waals surface area contributed by atoms with Gasteiger partial charge < -0.3 is 0 Å². The van der Waals surface area contributed by atoms with Crippen molar-refractivity contribution in [1.82, 2.24) is 4.57 Å². The van der Waals surface area contributed by atoms with E-state index in [-0.39, 0.29) is 10.6 Å². The molecule has 3 rings (SSSR count). The Bertz CT molecular complexity index is 1090. The van der Waals surface area contributed by atoms with E-state index in [1.807, 2.05) is 18.2 Å². The molecule has 0 amide bonds. The number of benzene rings is 2. The van der Waals surface area contributed by atoms with Gasteiger partial charge in [-0.15, -0.1) is 4.91 Å². The maximum absolute atomic E-state index is 12.8. The van der Waals surface area contributed by atoms with Crippen LogP contribution in [0.2, 0.25) is 5.02 Å². The Balaban J connectivity index is 2.19. The lowest BCUT2D eigenvalue weighted by Crippen LogP contribution is -2.14. The highest BCUT2D eigenvalue weighted by Crippen LogP contribution is 2.26. The predicted molar refractivity (Wildman–Crippen MR) is 90.8 cm³/mol. The SMILES string of the molecule is Cc1cc2ccccc2n1C(=O)c1ccc(Cl)c(S(=O)(=O)N=O)c1. The number of hydrogen-bond donors (Lipinski definition) is 0. The number of fused-ring (bicyclic) bond motifs is 1. The van der Waals surface area contributed by atoms with Crippen molar-refractivity contribution in [2.24, 2.45) is 4.58 Å². The number of aryl methyl sites for hydroxylation is 1. The zero-order valence-corrected chi connectivity index (χ0v) is 14.0. The molecule has 2 aromatic carbocycles. The van der Waals surface area contributed by atoms with Crippen LogP contribution in [0.15, 0.2) is 58.0 Å². The van der Waals surface area contributed by atoms with Crippen LogP contribution in [-0.4, -0.2) is 18.9 Å². The Kier molecular flexibility index (Phi) is 3.98. The number of hydrogen-bond acceptors (Lipinski definition) is 4. The van der Waals surface area contributed by atoms with Gasteiger partial charge in [-0.3, -0.25) is 9.36 Å². The average molecular weight is 363 g/mol. The molecule has 0 saturated carbocycles. The molecule has 0 fully saturated rings. The van der Waals surface area contributed by atoms with Crippen molar-refractivity contribution in [2.75, 3.05) is 0 Å². The second-order valence-corrected chi connectivity index (χ2v) is 7.13. The van der Waals surface area contributed by atoms with E-state index in [9.17, 15) is 18.1 Å². The van der Waals surface area contributed by atoms with E-state index >= 15 is 0 Å². The number of para-hydroxylation sites is 1. The van der Waals surface area contributed by atoms with Gasteiger partial charge in [0, 0.05) is 16.6 Å². The molecule has 6 nitrogen and oxygen atoms in total. The third kappa shape index (κ3) is 2.61. The molecule has 1 heterocycles. The summed E-state index contributed by atoms with van der Waals surface area (Å²) in [7, 11) is -4.43. The van der Waals surface area contributed by atoms with Crippen LogP contribution < -0.4 is 0 Å². The van der Waals surface area contributed by atoms with Crippen LogP contribution in [0, 0.1) is 11.8 Å². The second-order valence-electron chi connectivity index (χ2n) is 5.18. The van der Waals surface area contributed by atoms with Gasteiger partial charge in [0.1, 0.15) is 4.90 Å². The molecule has 0 bridgehead atoms. The van der Waals surface area contributed by atoms with E-state index in [0.717, 1.165) is 11.5 Å². The lowest BCUT2D eigenvalue weighted by molar-refractivity contribution is 0.0963. The maximum Gasteiger partial charge on any atom is 0.318 e. The average Bonchev–Trinajstić information content (AvgIpc) is 2.90. The number of nitroso groups, excluding NO2 is 1. The third-order valence-corrected chi connectivity index (χ3v) is 5.18. The minimum absolute atomic E-state index is 0.0890. The number of carbonyl (C=O) groups is 1. The van der Waals surface area contributed by atoms with E-state index in [1.54, 1.807) is 19.1 Å². The van der Waals surface area contributed by atoms with Gasteiger partial charge in [0.2, 0.25) is 0 Å². The van der Waals surface area contributed by atoms with Gasteiger partial charge in [-0.2, -0.15) is 8.42 Å². The Morgan fingerprint density at radius 3 is 2.54 bits per heavy atom. The molecule has 122 valence electrons. The normalized spacial score (nSPS) is 11.6. The van der Waals surface area contributed by atoms with E-state index in [0.29, 0.717) is 11.2 Å². The standard InChI is InChI=1S/C16H11ClN2O4S/c1-10-8-11-4-2-3-5-14(11)19(10)16(20)12-6-7-13(17)15(9-12)24(22,23)18-21/h2-9H,1H3. The summed E-state index contributed by atoms with van der Waals surface area (Å²) in [6.07, 6.45) is 0. The van der Waals surface area contributed by atoms with Crippen molar-refractivity contribution in [3.8, 4) is 0 Å².